The predicted molar refractivity (Wildman–Crippen MR) is 133 cm³/mol. The molecule has 10 nitrogen and oxygen atoms in total. The smallest absolute Gasteiger partial charge is 0.247 e. The Morgan fingerprint density at radius 1 is 1.00 bits per heavy atom. The van der Waals surface area contributed by atoms with Crippen molar-refractivity contribution in [2.45, 2.75) is 32.1 Å². The van der Waals surface area contributed by atoms with E-state index < -0.39 is 0 Å². The van der Waals surface area contributed by atoms with Crippen molar-refractivity contribution in [2.75, 3.05) is 63.2 Å². The third-order valence-electron chi connectivity index (χ3n) is 6.20. The van der Waals surface area contributed by atoms with Crippen molar-refractivity contribution in [2.24, 2.45) is 0 Å². The Balaban J connectivity index is 1.22. The lowest BCUT2D eigenvalue weighted by molar-refractivity contribution is 0.0368. The standard InChI is InChI=1S/C23H32N8O2S/c24-21-25-22(30-11-4-1-5-12-30)28-31(21)23-27-26-20(34-23)18-8-2-3-9-19(18)33-15-7-6-10-29-13-16-32-17-14-29/h2-3,8-9H,1,4-7,10-17H2,(H2,24,25,28). The van der Waals surface area contributed by atoms with Gasteiger partial charge in [-0.15, -0.1) is 15.3 Å². The van der Waals surface area contributed by atoms with Crippen LogP contribution in [0.5, 0.6) is 5.75 Å². The van der Waals surface area contributed by atoms with Crippen LogP contribution < -0.4 is 15.4 Å². The van der Waals surface area contributed by atoms with Crippen LogP contribution in [0.4, 0.5) is 11.9 Å². The molecule has 3 aromatic rings. The first-order valence-corrected chi connectivity index (χ1v) is 12.9. The monoisotopic (exact) mass is 484 g/mol. The maximum atomic E-state index is 6.17. The predicted octanol–water partition coefficient (Wildman–Crippen LogP) is 2.85. The molecule has 2 aromatic heterocycles. The average molecular weight is 485 g/mol. The van der Waals surface area contributed by atoms with E-state index in [1.807, 2.05) is 24.3 Å². The molecule has 182 valence electrons. The molecule has 2 saturated heterocycles. The molecular formula is C23H32N8O2S. The summed E-state index contributed by atoms with van der Waals surface area (Å²) < 4.78 is 13.1. The molecule has 0 bridgehead atoms. The third-order valence-corrected chi connectivity index (χ3v) is 7.13. The van der Waals surface area contributed by atoms with Gasteiger partial charge in [-0.2, -0.15) is 9.67 Å². The fourth-order valence-corrected chi connectivity index (χ4v) is 5.14. The normalized spacial score (nSPS) is 17.2. The number of anilines is 2. The van der Waals surface area contributed by atoms with Crippen molar-refractivity contribution >= 4 is 23.2 Å². The number of unbranched alkanes of at least 4 members (excludes halogenated alkanes) is 1. The number of aromatic nitrogens is 5. The number of nitrogens with two attached hydrogens (primary N) is 1. The minimum Gasteiger partial charge on any atom is -0.493 e. The van der Waals surface area contributed by atoms with Crippen LogP contribution in [0.3, 0.4) is 0 Å². The van der Waals surface area contributed by atoms with Crippen molar-refractivity contribution < 1.29 is 9.47 Å². The number of ether oxygens (including phenoxy) is 2. The molecule has 0 unspecified atom stereocenters. The number of nitrogens with zero attached hydrogens (tertiary/aromatic N) is 7. The van der Waals surface area contributed by atoms with E-state index in [-0.39, 0.29) is 0 Å². The Bertz CT molecular complexity index is 1060. The lowest BCUT2D eigenvalue weighted by Gasteiger charge is -2.26. The van der Waals surface area contributed by atoms with Gasteiger partial charge in [-0.05, 0) is 50.8 Å². The van der Waals surface area contributed by atoms with Crippen LogP contribution in [0.1, 0.15) is 32.1 Å². The van der Waals surface area contributed by atoms with Crippen molar-refractivity contribution in [1.82, 2.24) is 29.9 Å². The molecule has 0 spiro atoms. The van der Waals surface area contributed by atoms with Gasteiger partial charge in [-0.3, -0.25) is 4.90 Å². The number of morpholine rings is 1. The Hall–Kier alpha value is -2.76. The summed E-state index contributed by atoms with van der Waals surface area (Å²) in [5.74, 6) is 1.81. The zero-order chi connectivity index (χ0) is 23.2. The van der Waals surface area contributed by atoms with E-state index >= 15 is 0 Å². The third kappa shape index (κ3) is 5.48. The molecule has 0 amide bonds. The minimum atomic E-state index is 0.327. The Labute approximate surface area is 203 Å². The van der Waals surface area contributed by atoms with Gasteiger partial charge in [0.05, 0.1) is 25.4 Å². The molecule has 0 aliphatic carbocycles. The molecule has 2 fully saturated rings. The first-order valence-electron chi connectivity index (χ1n) is 12.1. The minimum absolute atomic E-state index is 0.327. The quantitative estimate of drug-likeness (QED) is 0.459. The SMILES string of the molecule is Nc1nc(N2CCCCC2)nn1-c1nnc(-c2ccccc2OCCCCN2CCOCC2)s1. The molecule has 0 atom stereocenters. The van der Waals surface area contributed by atoms with E-state index in [1.54, 1.807) is 4.68 Å². The molecule has 5 rings (SSSR count). The van der Waals surface area contributed by atoms with Gasteiger partial charge in [0.25, 0.3) is 0 Å². The summed E-state index contributed by atoms with van der Waals surface area (Å²) in [6, 6.07) is 7.96. The Morgan fingerprint density at radius 2 is 1.82 bits per heavy atom. The highest BCUT2D eigenvalue weighted by molar-refractivity contribution is 7.17. The topological polar surface area (TPSA) is 107 Å². The summed E-state index contributed by atoms with van der Waals surface area (Å²) in [6.45, 7) is 7.41. The highest BCUT2D eigenvalue weighted by Crippen LogP contribution is 2.33. The molecule has 4 heterocycles. The van der Waals surface area contributed by atoms with Crippen LogP contribution in [0.25, 0.3) is 15.7 Å². The van der Waals surface area contributed by atoms with Crippen LogP contribution in [0, 0.1) is 0 Å². The van der Waals surface area contributed by atoms with Crippen molar-refractivity contribution in [1.29, 1.82) is 0 Å². The van der Waals surface area contributed by atoms with Gasteiger partial charge < -0.3 is 20.1 Å². The summed E-state index contributed by atoms with van der Waals surface area (Å²) in [7, 11) is 0. The van der Waals surface area contributed by atoms with Crippen LogP contribution in [0.2, 0.25) is 0 Å². The van der Waals surface area contributed by atoms with Crippen LogP contribution in [0.15, 0.2) is 24.3 Å². The highest BCUT2D eigenvalue weighted by Gasteiger charge is 2.20. The van der Waals surface area contributed by atoms with Crippen LogP contribution in [-0.2, 0) is 4.74 Å². The Kier molecular flexibility index (Phi) is 7.52. The second-order valence-electron chi connectivity index (χ2n) is 8.63. The van der Waals surface area contributed by atoms with E-state index in [9.17, 15) is 0 Å². The largest absolute Gasteiger partial charge is 0.493 e. The summed E-state index contributed by atoms with van der Waals surface area (Å²) in [5, 5.41) is 14.7. The van der Waals surface area contributed by atoms with Crippen molar-refractivity contribution in [3.8, 4) is 21.5 Å². The number of nitrogen functional groups attached to an aromatic ring is 1. The van der Waals surface area contributed by atoms with Gasteiger partial charge >= 0.3 is 0 Å². The summed E-state index contributed by atoms with van der Waals surface area (Å²) in [5.41, 5.74) is 7.10. The fraction of sp³-hybridized carbons (Fsp3) is 0.565. The number of hydrogen-bond acceptors (Lipinski definition) is 10. The number of benzene rings is 1. The van der Waals surface area contributed by atoms with E-state index in [0.717, 1.165) is 87.9 Å². The average Bonchev–Trinajstić information content (AvgIpc) is 3.52. The Morgan fingerprint density at radius 3 is 2.68 bits per heavy atom. The highest BCUT2D eigenvalue weighted by atomic mass is 32.1. The van der Waals surface area contributed by atoms with E-state index in [2.05, 4.69) is 30.1 Å². The number of hydrogen-bond donors (Lipinski definition) is 1. The maximum Gasteiger partial charge on any atom is 0.247 e. The first kappa shape index (κ1) is 23.0. The molecule has 1 aromatic carbocycles. The van der Waals surface area contributed by atoms with Crippen molar-refractivity contribution in [3.63, 3.8) is 0 Å². The fourth-order valence-electron chi connectivity index (χ4n) is 4.30. The molecule has 0 saturated carbocycles. The van der Waals surface area contributed by atoms with E-state index in [1.165, 1.54) is 17.8 Å². The van der Waals surface area contributed by atoms with Gasteiger partial charge in [0.2, 0.25) is 17.0 Å². The number of para-hydroxylation sites is 1. The molecular weight excluding hydrogens is 452 g/mol. The summed E-state index contributed by atoms with van der Waals surface area (Å²) in [4.78, 5) is 9.09. The van der Waals surface area contributed by atoms with Crippen molar-refractivity contribution in [3.05, 3.63) is 24.3 Å². The zero-order valence-electron chi connectivity index (χ0n) is 19.4. The van der Waals surface area contributed by atoms with Gasteiger partial charge in [-0.25, -0.2) is 0 Å². The number of piperidine rings is 1. The zero-order valence-corrected chi connectivity index (χ0v) is 20.3. The molecule has 0 radical (unpaired) electrons. The molecule has 11 heteroatoms. The lowest BCUT2D eigenvalue weighted by Crippen LogP contribution is -2.36. The summed E-state index contributed by atoms with van der Waals surface area (Å²) >= 11 is 1.43. The van der Waals surface area contributed by atoms with Gasteiger partial charge in [0, 0.05) is 26.2 Å². The second kappa shape index (κ2) is 11.1. The second-order valence-corrected chi connectivity index (χ2v) is 9.58. The maximum absolute atomic E-state index is 6.17. The summed E-state index contributed by atoms with van der Waals surface area (Å²) in [6.07, 6.45) is 5.67. The molecule has 34 heavy (non-hydrogen) atoms. The number of rotatable bonds is 9. The van der Waals surface area contributed by atoms with Crippen LogP contribution in [-0.4, -0.2) is 82.4 Å². The first-order chi connectivity index (χ1) is 16.8. The molecule has 2 N–H and O–H groups in total. The van der Waals surface area contributed by atoms with Crippen LogP contribution >= 0.6 is 11.3 Å². The lowest BCUT2D eigenvalue weighted by atomic mass is 10.1. The van der Waals surface area contributed by atoms with Gasteiger partial charge in [-0.1, -0.05) is 23.5 Å². The van der Waals surface area contributed by atoms with E-state index in [0.29, 0.717) is 23.6 Å². The van der Waals surface area contributed by atoms with Gasteiger partial charge in [0.15, 0.2) is 5.01 Å². The van der Waals surface area contributed by atoms with E-state index in [4.69, 9.17) is 15.2 Å². The molecule has 2 aliphatic heterocycles. The van der Waals surface area contributed by atoms with Gasteiger partial charge in [0.1, 0.15) is 5.75 Å². The molecule has 2 aliphatic rings.